The second-order valence-corrected chi connectivity index (χ2v) is 27.8. The molecule has 5 heteroatoms. The zero-order valence-corrected chi connectivity index (χ0v) is 36.3. The fourth-order valence-corrected chi connectivity index (χ4v) is 10.6. The minimum atomic E-state index is -1.47. The number of hydrogen-bond acceptors (Lipinski definition) is 2. The molecule has 7 aromatic carbocycles. The summed E-state index contributed by atoms with van der Waals surface area (Å²) in [5, 5.41) is 17.2. The Labute approximate surface area is 331 Å². The van der Waals surface area contributed by atoms with Crippen LogP contribution in [-0.2, 0) is 0 Å². The monoisotopic (exact) mass is 751 g/mol. The smallest absolute Gasteiger partial charge is 0.242 e. The van der Waals surface area contributed by atoms with Crippen LogP contribution in [0.15, 0.2) is 140 Å². The molecule has 0 unspecified atom stereocenters. The van der Waals surface area contributed by atoms with E-state index in [2.05, 4.69) is 205 Å². The van der Waals surface area contributed by atoms with Crippen LogP contribution in [0.1, 0.15) is 22.3 Å². The summed E-state index contributed by atoms with van der Waals surface area (Å²) < 4.78 is 0. The number of aryl methyl sites for hydroxylation is 4. The van der Waals surface area contributed by atoms with Gasteiger partial charge in [0.05, 0.1) is 16.1 Å². The van der Waals surface area contributed by atoms with Gasteiger partial charge in [-0.1, -0.05) is 185 Å². The van der Waals surface area contributed by atoms with Crippen molar-refractivity contribution < 1.29 is 5.11 Å². The Bertz CT molecular complexity index is 2360. The van der Waals surface area contributed by atoms with Gasteiger partial charge < -0.3 is 10.0 Å². The van der Waals surface area contributed by atoms with Crippen molar-refractivity contribution in [3.8, 4) is 16.9 Å². The molecule has 0 amide bonds. The van der Waals surface area contributed by atoms with Crippen LogP contribution in [0.5, 0.6) is 5.75 Å². The van der Waals surface area contributed by atoms with Crippen LogP contribution in [0.3, 0.4) is 0 Å². The number of benzene rings is 7. The van der Waals surface area contributed by atoms with E-state index in [0.717, 1.165) is 33.6 Å². The van der Waals surface area contributed by atoms with Gasteiger partial charge >= 0.3 is 0 Å². The zero-order valence-electron chi connectivity index (χ0n) is 34.3. The Kier molecular flexibility index (Phi) is 10.3. The van der Waals surface area contributed by atoms with Gasteiger partial charge in [0.2, 0.25) is 6.71 Å². The SMILES string of the molecule is Cc1cc(C)cc(B(c2cc(C)cc(C)c2)c2ccc(-c3ccc(N(c4ccc([Si](C)(C)C)cc4)c4ccc([Si](C)(C)C)cc4)cc3O)c3ccccc23)c1. The van der Waals surface area contributed by atoms with Gasteiger partial charge in [0, 0.05) is 28.7 Å². The van der Waals surface area contributed by atoms with E-state index >= 15 is 0 Å². The molecule has 0 fully saturated rings. The maximum absolute atomic E-state index is 12.0. The van der Waals surface area contributed by atoms with E-state index in [4.69, 9.17) is 0 Å². The Morgan fingerprint density at radius 3 is 1.29 bits per heavy atom. The lowest BCUT2D eigenvalue weighted by Gasteiger charge is -2.28. The molecule has 0 aromatic heterocycles. The second kappa shape index (κ2) is 14.9. The molecule has 1 N–H and O–H groups in total. The van der Waals surface area contributed by atoms with E-state index in [-0.39, 0.29) is 12.5 Å². The molecule has 0 aliphatic rings. The molecule has 0 aliphatic carbocycles. The molecular formula is C50H54BNOSi2. The summed E-state index contributed by atoms with van der Waals surface area (Å²) >= 11 is 0. The van der Waals surface area contributed by atoms with Crippen LogP contribution in [-0.4, -0.2) is 28.0 Å². The van der Waals surface area contributed by atoms with Crippen LogP contribution >= 0.6 is 0 Å². The fraction of sp³-hybridized carbons (Fsp3) is 0.200. The average Bonchev–Trinajstić information content (AvgIpc) is 3.11. The fourth-order valence-electron chi connectivity index (χ4n) is 8.27. The molecule has 0 spiro atoms. The topological polar surface area (TPSA) is 23.5 Å². The van der Waals surface area contributed by atoms with Crippen LogP contribution < -0.4 is 31.7 Å². The summed E-state index contributed by atoms with van der Waals surface area (Å²) in [6.07, 6.45) is 0. The van der Waals surface area contributed by atoms with Crippen molar-refractivity contribution in [1.82, 2.24) is 0 Å². The summed E-state index contributed by atoms with van der Waals surface area (Å²) in [7, 11) is -2.94. The molecular weight excluding hydrogens is 698 g/mol. The molecule has 276 valence electrons. The lowest BCUT2D eigenvalue weighted by molar-refractivity contribution is 0.477. The van der Waals surface area contributed by atoms with Crippen molar-refractivity contribution in [2.45, 2.75) is 67.0 Å². The van der Waals surface area contributed by atoms with E-state index in [9.17, 15) is 5.11 Å². The van der Waals surface area contributed by atoms with Crippen LogP contribution in [0.4, 0.5) is 17.1 Å². The quantitative estimate of drug-likeness (QED) is 0.149. The normalized spacial score (nSPS) is 11.9. The first-order valence-electron chi connectivity index (χ1n) is 19.6. The maximum Gasteiger partial charge on any atom is 0.242 e. The third-order valence-electron chi connectivity index (χ3n) is 10.9. The number of aromatic hydroxyl groups is 1. The molecule has 0 atom stereocenters. The first kappa shape index (κ1) is 38.2. The molecule has 0 bridgehead atoms. The van der Waals surface area contributed by atoms with E-state index in [1.807, 2.05) is 6.07 Å². The highest BCUT2D eigenvalue weighted by atomic mass is 28.3. The highest BCUT2D eigenvalue weighted by Gasteiger charge is 2.27. The molecule has 7 rings (SSSR count). The minimum Gasteiger partial charge on any atom is -0.507 e. The minimum absolute atomic E-state index is 0.0559. The number of hydrogen-bond donors (Lipinski definition) is 1. The number of anilines is 3. The number of rotatable bonds is 9. The van der Waals surface area contributed by atoms with Gasteiger partial charge in [-0.25, -0.2) is 0 Å². The standard InChI is InChI=1S/C50H54BNOSi2/c1-34-27-35(2)30-38(29-34)51(39-31-36(3)28-37(4)32-39)49-26-25-46(45-13-11-12-14-47(45)49)48-24-19-42(33-50(48)53)52(40-15-20-43(21-16-40)54(5,6)7)41-17-22-44(23-18-41)55(8,9)10/h11-33,53H,1-10H3. The van der Waals surface area contributed by atoms with E-state index in [0.29, 0.717) is 0 Å². The number of phenols is 1. The van der Waals surface area contributed by atoms with E-state index < -0.39 is 16.1 Å². The summed E-state index contributed by atoms with van der Waals surface area (Å²) in [4.78, 5) is 2.27. The first-order valence-corrected chi connectivity index (χ1v) is 26.6. The third-order valence-corrected chi connectivity index (χ3v) is 15.1. The molecule has 0 aliphatic heterocycles. The van der Waals surface area contributed by atoms with Crippen molar-refractivity contribution in [2.75, 3.05) is 4.90 Å². The lowest BCUT2D eigenvalue weighted by Crippen LogP contribution is -2.52. The predicted molar refractivity (Wildman–Crippen MR) is 248 cm³/mol. The van der Waals surface area contributed by atoms with Crippen molar-refractivity contribution in [3.63, 3.8) is 0 Å². The van der Waals surface area contributed by atoms with Gasteiger partial charge in [-0.15, -0.1) is 0 Å². The van der Waals surface area contributed by atoms with Crippen LogP contribution in [0.2, 0.25) is 39.3 Å². The Balaban J connectivity index is 1.36. The molecule has 7 aromatic rings. The second-order valence-electron chi connectivity index (χ2n) is 17.7. The van der Waals surface area contributed by atoms with E-state index in [1.165, 1.54) is 54.4 Å². The Morgan fingerprint density at radius 2 is 0.855 bits per heavy atom. The van der Waals surface area contributed by atoms with Gasteiger partial charge in [-0.05, 0) is 80.4 Å². The highest BCUT2D eigenvalue weighted by Crippen LogP contribution is 2.41. The third kappa shape index (κ3) is 8.01. The summed E-state index contributed by atoms with van der Waals surface area (Å²) in [5.74, 6) is 0.262. The van der Waals surface area contributed by atoms with Crippen molar-refractivity contribution in [1.29, 1.82) is 0 Å². The predicted octanol–water partition coefficient (Wildman–Crippen LogP) is 10.5. The Morgan fingerprint density at radius 1 is 0.436 bits per heavy atom. The molecule has 0 saturated carbocycles. The number of fused-ring (bicyclic) bond motifs is 1. The van der Waals surface area contributed by atoms with Gasteiger partial charge in [0.15, 0.2) is 0 Å². The molecule has 2 nitrogen and oxygen atoms in total. The van der Waals surface area contributed by atoms with Gasteiger partial charge in [-0.2, -0.15) is 0 Å². The Hall–Kier alpha value is -5.10. The van der Waals surface area contributed by atoms with Crippen LogP contribution in [0, 0.1) is 27.7 Å². The van der Waals surface area contributed by atoms with Crippen molar-refractivity contribution in [2.24, 2.45) is 0 Å². The maximum atomic E-state index is 12.0. The zero-order chi connectivity index (χ0) is 39.2. The van der Waals surface area contributed by atoms with Crippen LogP contribution in [0.25, 0.3) is 21.9 Å². The van der Waals surface area contributed by atoms with Gasteiger partial charge in [0.25, 0.3) is 0 Å². The highest BCUT2D eigenvalue weighted by molar-refractivity contribution is 6.97. The molecule has 0 saturated heterocycles. The molecule has 0 radical (unpaired) electrons. The van der Waals surface area contributed by atoms with E-state index in [1.54, 1.807) is 0 Å². The van der Waals surface area contributed by atoms with Crippen molar-refractivity contribution in [3.05, 3.63) is 162 Å². The summed E-state index contributed by atoms with van der Waals surface area (Å²) in [6, 6.07) is 51.3. The number of phenolic OH excluding ortho intramolecular Hbond substituents is 1. The van der Waals surface area contributed by atoms with Gasteiger partial charge in [-0.3, -0.25) is 0 Å². The average molecular weight is 752 g/mol. The summed E-state index contributed by atoms with van der Waals surface area (Å²) in [5.41, 5.74) is 13.8. The van der Waals surface area contributed by atoms with Crippen molar-refractivity contribution >= 4 is 77.5 Å². The van der Waals surface area contributed by atoms with Gasteiger partial charge in [0.1, 0.15) is 5.75 Å². The number of nitrogens with zero attached hydrogens (tertiary/aromatic N) is 1. The molecule has 55 heavy (non-hydrogen) atoms. The lowest BCUT2D eigenvalue weighted by atomic mass is 9.36. The molecule has 0 heterocycles. The summed E-state index contributed by atoms with van der Waals surface area (Å²) in [6.45, 7) is 23.1. The first-order chi connectivity index (χ1) is 26.1. The largest absolute Gasteiger partial charge is 0.507 e.